The van der Waals surface area contributed by atoms with E-state index in [4.69, 9.17) is 0 Å². The SMILES string of the molecule is O=C(Cn1nnc(-c2ccccc2)n1)Nc1cccc2ccccc12. The van der Waals surface area contributed by atoms with Crippen LogP contribution in [0.1, 0.15) is 0 Å². The summed E-state index contributed by atoms with van der Waals surface area (Å²) in [6.07, 6.45) is 0. The lowest BCUT2D eigenvalue weighted by molar-refractivity contribution is -0.117. The van der Waals surface area contributed by atoms with Crippen molar-refractivity contribution in [2.45, 2.75) is 6.54 Å². The second-order valence-electron chi connectivity index (χ2n) is 5.58. The van der Waals surface area contributed by atoms with Crippen molar-refractivity contribution >= 4 is 22.4 Å². The van der Waals surface area contributed by atoms with E-state index in [1.807, 2.05) is 72.8 Å². The molecule has 0 bridgehead atoms. The van der Waals surface area contributed by atoms with Crippen LogP contribution in [-0.2, 0) is 11.3 Å². The number of carbonyl (C=O) groups is 1. The molecule has 4 rings (SSSR count). The monoisotopic (exact) mass is 329 g/mol. The smallest absolute Gasteiger partial charge is 0.248 e. The molecule has 0 radical (unpaired) electrons. The Labute approximate surface area is 144 Å². The summed E-state index contributed by atoms with van der Waals surface area (Å²) in [7, 11) is 0. The van der Waals surface area contributed by atoms with Gasteiger partial charge in [0.1, 0.15) is 6.54 Å². The Morgan fingerprint density at radius 3 is 2.56 bits per heavy atom. The molecule has 0 saturated heterocycles. The third kappa shape index (κ3) is 3.23. The summed E-state index contributed by atoms with van der Waals surface area (Å²) < 4.78 is 0. The van der Waals surface area contributed by atoms with Crippen molar-refractivity contribution in [1.29, 1.82) is 0 Å². The molecule has 1 amide bonds. The van der Waals surface area contributed by atoms with Crippen molar-refractivity contribution in [2.75, 3.05) is 5.32 Å². The molecule has 4 aromatic rings. The van der Waals surface area contributed by atoms with Gasteiger partial charge in [0.25, 0.3) is 0 Å². The molecule has 1 aromatic heterocycles. The van der Waals surface area contributed by atoms with E-state index in [1.165, 1.54) is 4.80 Å². The predicted octanol–water partition coefficient (Wildman–Crippen LogP) is 3.13. The second kappa shape index (κ2) is 6.52. The zero-order valence-electron chi connectivity index (χ0n) is 13.3. The minimum Gasteiger partial charge on any atom is -0.324 e. The molecule has 3 aromatic carbocycles. The van der Waals surface area contributed by atoms with E-state index >= 15 is 0 Å². The van der Waals surface area contributed by atoms with Gasteiger partial charge < -0.3 is 5.32 Å². The van der Waals surface area contributed by atoms with Gasteiger partial charge in [0.15, 0.2) is 0 Å². The lowest BCUT2D eigenvalue weighted by atomic mass is 10.1. The van der Waals surface area contributed by atoms with E-state index in [-0.39, 0.29) is 12.5 Å². The molecule has 1 N–H and O–H groups in total. The largest absolute Gasteiger partial charge is 0.324 e. The van der Waals surface area contributed by atoms with Crippen molar-refractivity contribution in [3.05, 3.63) is 72.8 Å². The van der Waals surface area contributed by atoms with Gasteiger partial charge in [-0.05, 0) is 16.7 Å². The normalized spacial score (nSPS) is 10.7. The van der Waals surface area contributed by atoms with Crippen LogP contribution in [0.2, 0.25) is 0 Å². The average Bonchev–Trinajstić information content (AvgIpc) is 3.11. The zero-order valence-corrected chi connectivity index (χ0v) is 13.3. The maximum atomic E-state index is 12.3. The summed E-state index contributed by atoms with van der Waals surface area (Å²) in [4.78, 5) is 13.6. The highest BCUT2D eigenvalue weighted by Crippen LogP contribution is 2.22. The first-order valence-electron chi connectivity index (χ1n) is 7.90. The molecule has 0 aliphatic rings. The number of aromatic nitrogens is 4. The molecule has 25 heavy (non-hydrogen) atoms. The summed E-state index contributed by atoms with van der Waals surface area (Å²) in [5, 5.41) is 17.2. The highest BCUT2D eigenvalue weighted by Gasteiger charge is 2.10. The predicted molar refractivity (Wildman–Crippen MR) is 95.8 cm³/mol. The summed E-state index contributed by atoms with van der Waals surface area (Å²) in [6.45, 7) is 0.00303. The number of hydrogen-bond donors (Lipinski definition) is 1. The van der Waals surface area contributed by atoms with Crippen LogP contribution in [0.25, 0.3) is 22.2 Å². The molecule has 6 nitrogen and oxygen atoms in total. The van der Waals surface area contributed by atoms with Crippen molar-refractivity contribution < 1.29 is 4.79 Å². The molecule has 0 spiro atoms. The maximum Gasteiger partial charge on any atom is 0.248 e. The molecule has 0 aliphatic carbocycles. The first kappa shape index (κ1) is 15.0. The number of nitrogens with zero attached hydrogens (tertiary/aromatic N) is 4. The number of carbonyl (C=O) groups excluding carboxylic acids is 1. The van der Waals surface area contributed by atoms with Gasteiger partial charge in [-0.15, -0.1) is 10.2 Å². The Morgan fingerprint density at radius 1 is 0.920 bits per heavy atom. The quantitative estimate of drug-likeness (QED) is 0.624. The van der Waals surface area contributed by atoms with Crippen molar-refractivity contribution in [1.82, 2.24) is 20.2 Å². The fourth-order valence-corrected chi connectivity index (χ4v) is 2.67. The fraction of sp³-hybridized carbons (Fsp3) is 0.0526. The Balaban J connectivity index is 1.50. The zero-order chi connectivity index (χ0) is 17.1. The number of amides is 1. The van der Waals surface area contributed by atoms with Gasteiger partial charge in [0, 0.05) is 16.6 Å². The van der Waals surface area contributed by atoms with Crippen molar-refractivity contribution in [2.24, 2.45) is 0 Å². The van der Waals surface area contributed by atoms with Gasteiger partial charge in [-0.2, -0.15) is 4.80 Å². The number of hydrogen-bond acceptors (Lipinski definition) is 4. The van der Waals surface area contributed by atoms with Crippen LogP contribution < -0.4 is 5.32 Å². The Bertz CT molecular complexity index is 1020. The van der Waals surface area contributed by atoms with E-state index < -0.39 is 0 Å². The molecule has 6 heteroatoms. The minimum absolute atomic E-state index is 0.00303. The van der Waals surface area contributed by atoms with Crippen molar-refractivity contribution in [3.8, 4) is 11.4 Å². The molecule has 1 heterocycles. The first-order chi connectivity index (χ1) is 12.3. The number of fused-ring (bicyclic) bond motifs is 1. The highest BCUT2D eigenvalue weighted by molar-refractivity contribution is 6.01. The van der Waals surface area contributed by atoms with E-state index in [1.54, 1.807) is 0 Å². The van der Waals surface area contributed by atoms with Gasteiger partial charge in [-0.1, -0.05) is 66.7 Å². The average molecular weight is 329 g/mol. The lowest BCUT2D eigenvalue weighted by Gasteiger charge is -2.08. The first-order valence-corrected chi connectivity index (χ1v) is 7.90. The highest BCUT2D eigenvalue weighted by atomic mass is 16.2. The van der Waals surface area contributed by atoms with E-state index in [9.17, 15) is 4.79 Å². The molecular formula is C19H15N5O. The minimum atomic E-state index is -0.201. The number of rotatable bonds is 4. The summed E-state index contributed by atoms with van der Waals surface area (Å²) >= 11 is 0. The number of anilines is 1. The molecule has 122 valence electrons. The molecule has 0 saturated carbocycles. The summed E-state index contributed by atoms with van der Waals surface area (Å²) in [6, 6.07) is 23.2. The van der Waals surface area contributed by atoms with Crippen LogP contribution in [0.15, 0.2) is 72.8 Å². The number of benzene rings is 3. The Kier molecular flexibility index (Phi) is 3.92. The van der Waals surface area contributed by atoms with Gasteiger partial charge in [-0.25, -0.2) is 0 Å². The van der Waals surface area contributed by atoms with Crippen LogP contribution >= 0.6 is 0 Å². The van der Waals surface area contributed by atoms with Crippen LogP contribution in [0, 0.1) is 0 Å². The van der Waals surface area contributed by atoms with Crippen molar-refractivity contribution in [3.63, 3.8) is 0 Å². The topological polar surface area (TPSA) is 72.7 Å². The Morgan fingerprint density at radius 2 is 1.68 bits per heavy atom. The maximum absolute atomic E-state index is 12.3. The van der Waals surface area contributed by atoms with E-state index in [0.717, 1.165) is 22.0 Å². The van der Waals surface area contributed by atoms with Crippen LogP contribution in [-0.4, -0.2) is 26.1 Å². The van der Waals surface area contributed by atoms with Crippen LogP contribution in [0.4, 0.5) is 5.69 Å². The molecule has 0 aliphatic heterocycles. The van der Waals surface area contributed by atoms with Gasteiger partial charge >= 0.3 is 0 Å². The van der Waals surface area contributed by atoms with E-state index in [0.29, 0.717) is 5.82 Å². The van der Waals surface area contributed by atoms with Crippen LogP contribution in [0.5, 0.6) is 0 Å². The lowest BCUT2D eigenvalue weighted by Crippen LogP contribution is -2.20. The summed E-state index contributed by atoms with van der Waals surface area (Å²) in [5.41, 5.74) is 1.63. The fourth-order valence-electron chi connectivity index (χ4n) is 2.67. The van der Waals surface area contributed by atoms with Gasteiger partial charge in [0.2, 0.25) is 11.7 Å². The number of nitrogens with one attached hydrogen (secondary N) is 1. The molecule has 0 fully saturated rings. The third-order valence-electron chi connectivity index (χ3n) is 3.83. The van der Waals surface area contributed by atoms with Crippen LogP contribution in [0.3, 0.4) is 0 Å². The van der Waals surface area contributed by atoms with Gasteiger partial charge in [0.05, 0.1) is 0 Å². The third-order valence-corrected chi connectivity index (χ3v) is 3.83. The van der Waals surface area contributed by atoms with Gasteiger partial charge in [-0.3, -0.25) is 4.79 Å². The second-order valence-corrected chi connectivity index (χ2v) is 5.58. The Hall–Kier alpha value is -3.54. The van der Waals surface area contributed by atoms with E-state index in [2.05, 4.69) is 20.7 Å². The molecule has 0 atom stereocenters. The summed E-state index contributed by atoms with van der Waals surface area (Å²) in [5.74, 6) is 0.298. The number of tetrazole rings is 1. The standard InChI is InChI=1S/C19H15N5O/c25-18(20-17-12-6-10-14-7-4-5-11-16(14)17)13-24-22-19(21-23-24)15-8-2-1-3-9-15/h1-12H,13H2,(H,20,25). The molecule has 0 unspecified atom stereocenters. The molecular weight excluding hydrogens is 314 g/mol.